The van der Waals surface area contributed by atoms with Crippen LogP contribution in [0.25, 0.3) is 10.9 Å². The Labute approximate surface area is 122 Å². The van der Waals surface area contributed by atoms with Gasteiger partial charge in [-0.25, -0.2) is 4.98 Å². The summed E-state index contributed by atoms with van der Waals surface area (Å²) in [6.07, 6.45) is 4.97. The van der Waals surface area contributed by atoms with Crippen molar-refractivity contribution < 1.29 is 4.74 Å². The van der Waals surface area contributed by atoms with E-state index in [0.29, 0.717) is 5.92 Å². The van der Waals surface area contributed by atoms with Crippen LogP contribution in [-0.2, 0) is 0 Å². The molecule has 0 radical (unpaired) electrons. The van der Waals surface area contributed by atoms with Crippen LogP contribution in [0, 0.1) is 12.8 Å². The molecule has 2 heteroatoms. The molecular weight excluding hydrogens is 246 g/mol. The topological polar surface area (TPSA) is 22.1 Å². The number of aryl methyl sites for hydroxylation is 1. The number of unbranched alkanes of at least 4 members (excludes halogenated alkanes) is 1. The molecule has 0 saturated heterocycles. The van der Waals surface area contributed by atoms with Crippen molar-refractivity contribution >= 4 is 10.9 Å². The Hall–Kier alpha value is -1.57. The van der Waals surface area contributed by atoms with Gasteiger partial charge in [0.25, 0.3) is 0 Å². The number of nitrogens with zero attached hydrogens (tertiary/aromatic N) is 1. The summed E-state index contributed by atoms with van der Waals surface area (Å²) in [4.78, 5) is 4.62. The van der Waals surface area contributed by atoms with Gasteiger partial charge in [0.1, 0.15) is 11.3 Å². The molecule has 1 aromatic heterocycles. The van der Waals surface area contributed by atoms with E-state index in [0.717, 1.165) is 29.0 Å². The molecule has 0 amide bonds. The first-order valence-electron chi connectivity index (χ1n) is 7.73. The molecule has 0 aliphatic rings. The van der Waals surface area contributed by atoms with Gasteiger partial charge in [-0.3, -0.25) is 0 Å². The molecule has 108 valence electrons. The van der Waals surface area contributed by atoms with E-state index < -0.39 is 0 Å². The first-order valence-corrected chi connectivity index (χ1v) is 7.73. The zero-order valence-corrected chi connectivity index (χ0v) is 12.9. The third-order valence-electron chi connectivity index (χ3n) is 3.84. The van der Waals surface area contributed by atoms with Crippen LogP contribution >= 0.6 is 0 Å². The zero-order valence-electron chi connectivity index (χ0n) is 12.9. The summed E-state index contributed by atoms with van der Waals surface area (Å²) < 4.78 is 6.06. The lowest BCUT2D eigenvalue weighted by molar-refractivity contribution is 0.235. The van der Waals surface area contributed by atoms with Gasteiger partial charge in [0.15, 0.2) is 0 Å². The van der Waals surface area contributed by atoms with Crippen molar-refractivity contribution in [3.05, 3.63) is 36.0 Å². The van der Waals surface area contributed by atoms with E-state index in [1.807, 2.05) is 25.1 Å². The molecule has 1 unspecified atom stereocenters. The van der Waals surface area contributed by atoms with Crippen LogP contribution in [0.4, 0.5) is 0 Å². The molecule has 0 fully saturated rings. The Morgan fingerprint density at radius 2 is 2.00 bits per heavy atom. The number of rotatable bonds is 7. The van der Waals surface area contributed by atoms with E-state index in [4.69, 9.17) is 4.74 Å². The van der Waals surface area contributed by atoms with Crippen molar-refractivity contribution in [2.75, 3.05) is 6.61 Å². The molecular formula is C18H25NO. The number of benzene rings is 1. The SMILES string of the molecule is CCCCC(CC)COc1cccc2ccc(C)nc12. The maximum atomic E-state index is 6.06. The highest BCUT2D eigenvalue weighted by Crippen LogP contribution is 2.25. The molecule has 2 nitrogen and oxygen atoms in total. The van der Waals surface area contributed by atoms with Gasteiger partial charge < -0.3 is 4.74 Å². The summed E-state index contributed by atoms with van der Waals surface area (Å²) in [6, 6.07) is 10.3. The maximum Gasteiger partial charge on any atom is 0.145 e. The molecule has 2 aromatic rings. The van der Waals surface area contributed by atoms with Crippen LogP contribution in [-0.4, -0.2) is 11.6 Å². The van der Waals surface area contributed by atoms with Gasteiger partial charge in [-0.1, -0.05) is 51.3 Å². The second kappa shape index (κ2) is 7.28. The lowest BCUT2D eigenvalue weighted by atomic mass is 10.0. The summed E-state index contributed by atoms with van der Waals surface area (Å²) in [7, 11) is 0. The molecule has 1 atom stereocenters. The predicted molar refractivity (Wildman–Crippen MR) is 85.3 cm³/mol. The van der Waals surface area contributed by atoms with Gasteiger partial charge in [0.2, 0.25) is 0 Å². The van der Waals surface area contributed by atoms with Gasteiger partial charge in [0.05, 0.1) is 6.61 Å². The Morgan fingerprint density at radius 3 is 2.75 bits per heavy atom. The largest absolute Gasteiger partial charge is 0.491 e. The van der Waals surface area contributed by atoms with Crippen molar-refractivity contribution in [2.45, 2.75) is 46.5 Å². The second-order valence-electron chi connectivity index (χ2n) is 5.51. The van der Waals surface area contributed by atoms with E-state index in [1.54, 1.807) is 0 Å². The number of fused-ring (bicyclic) bond motifs is 1. The van der Waals surface area contributed by atoms with E-state index >= 15 is 0 Å². The Bertz CT molecular complexity index is 550. The third-order valence-corrected chi connectivity index (χ3v) is 3.84. The fourth-order valence-electron chi connectivity index (χ4n) is 2.44. The highest BCUT2D eigenvalue weighted by atomic mass is 16.5. The first kappa shape index (κ1) is 14.8. The van der Waals surface area contributed by atoms with Crippen molar-refractivity contribution in [3.8, 4) is 5.75 Å². The fourth-order valence-corrected chi connectivity index (χ4v) is 2.44. The van der Waals surface area contributed by atoms with Gasteiger partial charge in [-0.2, -0.15) is 0 Å². The number of hydrogen-bond donors (Lipinski definition) is 0. The lowest BCUT2D eigenvalue weighted by Gasteiger charge is -2.16. The van der Waals surface area contributed by atoms with Gasteiger partial charge >= 0.3 is 0 Å². The molecule has 1 heterocycles. The van der Waals surface area contributed by atoms with E-state index in [1.165, 1.54) is 25.7 Å². The van der Waals surface area contributed by atoms with Crippen molar-refractivity contribution in [3.63, 3.8) is 0 Å². The molecule has 1 aromatic carbocycles. The smallest absolute Gasteiger partial charge is 0.145 e. The summed E-state index contributed by atoms with van der Waals surface area (Å²) in [6.45, 7) is 7.30. The minimum atomic E-state index is 0.648. The van der Waals surface area contributed by atoms with Crippen molar-refractivity contribution in [1.29, 1.82) is 0 Å². The molecule has 0 aliphatic carbocycles. The minimum Gasteiger partial charge on any atom is -0.491 e. The highest BCUT2D eigenvalue weighted by molar-refractivity contribution is 5.84. The van der Waals surface area contributed by atoms with Crippen molar-refractivity contribution in [2.24, 2.45) is 5.92 Å². The van der Waals surface area contributed by atoms with Crippen molar-refractivity contribution in [1.82, 2.24) is 4.98 Å². The van der Waals surface area contributed by atoms with Gasteiger partial charge in [-0.15, -0.1) is 0 Å². The third kappa shape index (κ3) is 3.72. The summed E-state index contributed by atoms with van der Waals surface area (Å²) >= 11 is 0. The molecule has 20 heavy (non-hydrogen) atoms. The van der Waals surface area contributed by atoms with Crippen LogP contribution in [0.3, 0.4) is 0 Å². The molecule has 0 aliphatic heterocycles. The standard InChI is InChI=1S/C18H25NO/c1-4-6-8-15(5-2)13-20-17-10-7-9-16-12-11-14(3)19-18(16)17/h7,9-12,15H,4-6,8,13H2,1-3H3. The normalized spacial score (nSPS) is 12.6. The maximum absolute atomic E-state index is 6.06. The highest BCUT2D eigenvalue weighted by Gasteiger charge is 2.09. The molecule has 2 rings (SSSR count). The van der Waals surface area contributed by atoms with Crippen LogP contribution < -0.4 is 4.74 Å². The van der Waals surface area contributed by atoms with E-state index in [-0.39, 0.29) is 0 Å². The lowest BCUT2D eigenvalue weighted by Crippen LogP contribution is -2.11. The summed E-state index contributed by atoms with van der Waals surface area (Å²) in [5.41, 5.74) is 2.02. The Morgan fingerprint density at radius 1 is 1.15 bits per heavy atom. The summed E-state index contributed by atoms with van der Waals surface area (Å²) in [5.74, 6) is 1.57. The minimum absolute atomic E-state index is 0.648. The Balaban J connectivity index is 2.11. The quantitative estimate of drug-likeness (QED) is 0.695. The van der Waals surface area contributed by atoms with Crippen LogP contribution in [0.2, 0.25) is 0 Å². The van der Waals surface area contributed by atoms with Gasteiger partial charge in [0, 0.05) is 11.1 Å². The number of aromatic nitrogens is 1. The molecule has 0 spiro atoms. The second-order valence-corrected chi connectivity index (χ2v) is 5.51. The number of para-hydroxylation sites is 1. The van der Waals surface area contributed by atoms with E-state index in [9.17, 15) is 0 Å². The van der Waals surface area contributed by atoms with E-state index in [2.05, 4.69) is 31.0 Å². The molecule has 0 saturated carbocycles. The molecule has 0 N–H and O–H groups in total. The summed E-state index contributed by atoms with van der Waals surface area (Å²) in [5, 5.41) is 1.15. The fraction of sp³-hybridized carbons (Fsp3) is 0.500. The zero-order chi connectivity index (χ0) is 14.4. The van der Waals surface area contributed by atoms with Crippen LogP contribution in [0.15, 0.2) is 30.3 Å². The Kier molecular flexibility index (Phi) is 5.40. The monoisotopic (exact) mass is 271 g/mol. The first-order chi connectivity index (χ1) is 9.74. The predicted octanol–water partition coefficient (Wildman–Crippen LogP) is 5.14. The molecule has 0 bridgehead atoms. The number of pyridine rings is 1. The number of hydrogen-bond acceptors (Lipinski definition) is 2. The van der Waals surface area contributed by atoms with Crippen LogP contribution in [0.1, 0.15) is 45.2 Å². The number of ether oxygens (including phenoxy) is 1. The van der Waals surface area contributed by atoms with Gasteiger partial charge in [-0.05, 0) is 31.4 Å². The average molecular weight is 271 g/mol. The van der Waals surface area contributed by atoms with Crippen LogP contribution in [0.5, 0.6) is 5.75 Å². The average Bonchev–Trinajstić information content (AvgIpc) is 2.47.